The molecule has 0 aliphatic carbocycles. The van der Waals surface area contributed by atoms with E-state index in [4.69, 9.17) is 0 Å². The minimum Gasteiger partial charge on any atom is -0.508 e. The third kappa shape index (κ3) is 3.70. The summed E-state index contributed by atoms with van der Waals surface area (Å²) in [5.74, 6) is 0.478. The first kappa shape index (κ1) is 15.3. The number of likely N-dealkylation sites (tertiary alicyclic amines) is 1. The normalized spacial score (nSPS) is 19.1. The summed E-state index contributed by atoms with van der Waals surface area (Å²) in [7, 11) is 1.99. The summed E-state index contributed by atoms with van der Waals surface area (Å²) >= 11 is 0. The van der Waals surface area contributed by atoms with E-state index in [2.05, 4.69) is 17.1 Å². The maximum absolute atomic E-state index is 13.0. The first-order valence-electron chi connectivity index (χ1n) is 7.49. The van der Waals surface area contributed by atoms with Crippen LogP contribution in [-0.2, 0) is 0 Å². The second-order valence-electron chi connectivity index (χ2n) is 5.75. The first-order chi connectivity index (χ1) is 9.61. The van der Waals surface area contributed by atoms with Crippen LogP contribution in [0.2, 0.25) is 0 Å². The number of rotatable bonds is 5. The average Bonchev–Trinajstić information content (AvgIpc) is 2.45. The summed E-state index contributed by atoms with van der Waals surface area (Å²) in [6.07, 6.45) is 3.64. The fraction of sp³-hybridized carbons (Fsp3) is 0.625. The first-order valence-corrected chi connectivity index (χ1v) is 7.49. The maximum atomic E-state index is 13.0. The molecule has 4 heteroatoms. The molecule has 2 rings (SSSR count). The van der Waals surface area contributed by atoms with Crippen molar-refractivity contribution in [3.8, 4) is 5.75 Å². The molecule has 1 aliphatic heterocycles. The zero-order chi connectivity index (χ0) is 14.5. The van der Waals surface area contributed by atoms with Gasteiger partial charge in [0.05, 0.1) is 0 Å². The van der Waals surface area contributed by atoms with Gasteiger partial charge in [0, 0.05) is 17.7 Å². The molecule has 0 saturated carbocycles. The van der Waals surface area contributed by atoms with Gasteiger partial charge in [0.15, 0.2) is 0 Å². The van der Waals surface area contributed by atoms with Crippen molar-refractivity contribution < 1.29 is 9.50 Å². The Morgan fingerprint density at radius 2 is 2.10 bits per heavy atom. The molecule has 112 valence electrons. The Kier molecular flexibility index (Phi) is 5.38. The molecule has 1 atom stereocenters. The van der Waals surface area contributed by atoms with Crippen LogP contribution in [0.3, 0.4) is 0 Å². The smallest absolute Gasteiger partial charge is 0.126 e. The molecule has 0 radical (unpaired) electrons. The molecule has 0 spiro atoms. The summed E-state index contributed by atoms with van der Waals surface area (Å²) in [6, 6.07) is 4.46. The van der Waals surface area contributed by atoms with E-state index in [9.17, 15) is 9.50 Å². The molecule has 1 heterocycles. The van der Waals surface area contributed by atoms with Crippen molar-refractivity contribution in [1.82, 2.24) is 10.2 Å². The number of phenols is 1. The highest BCUT2D eigenvalue weighted by Gasteiger charge is 2.24. The number of piperidine rings is 1. The number of nitrogens with one attached hydrogen (secondary N) is 1. The molecule has 1 aromatic rings. The van der Waals surface area contributed by atoms with Gasteiger partial charge in [0.2, 0.25) is 0 Å². The van der Waals surface area contributed by atoms with E-state index in [1.54, 1.807) is 6.07 Å². The van der Waals surface area contributed by atoms with Gasteiger partial charge >= 0.3 is 0 Å². The molecule has 3 nitrogen and oxygen atoms in total. The minimum absolute atomic E-state index is 0.0646. The van der Waals surface area contributed by atoms with Crippen LogP contribution in [0.5, 0.6) is 5.75 Å². The average molecular weight is 280 g/mol. The highest BCUT2D eigenvalue weighted by atomic mass is 19.1. The fourth-order valence-corrected chi connectivity index (χ4v) is 3.04. The molecule has 0 amide bonds. The lowest BCUT2D eigenvalue weighted by Gasteiger charge is -2.36. The van der Waals surface area contributed by atoms with Gasteiger partial charge in [0.1, 0.15) is 11.6 Å². The minimum atomic E-state index is -0.385. The predicted molar refractivity (Wildman–Crippen MR) is 79.3 cm³/mol. The van der Waals surface area contributed by atoms with Gasteiger partial charge in [-0.3, -0.25) is 4.90 Å². The quantitative estimate of drug-likeness (QED) is 0.870. The van der Waals surface area contributed by atoms with Crippen LogP contribution in [0.1, 0.15) is 37.8 Å². The SMILES string of the molecule is CNCCC1CCN(C(C)c2ccc(F)cc2O)CC1. The van der Waals surface area contributed by atoms with Crippen molar-refractivity contribution in [2.45, 2.75) is 32.2 Å². The number of aromatic hydroxyl groups is 1. The van der Waals surface area contributed by atoms with Crippen molar-refractivity contribution in [1.29, 1.82) is 0 Å². The Morgan fingerprint density at radius 1 is 1.40 bits per heavy atom. The number of phenolic OH excluding ortho intramolecular Hbond substituents is 1. The van der Waals surface area contributed by atoms with E-state index in [0.29, 0.717) is 0 Å². The number of nitrogens with zero attached hydrogens (tertiary/aromatic N) is 1. The molecule has 2 N–H and O–H groups in total. The largest absolute Gasteiger partial charge is 0.508 e. The van der Waals surface area contributed by atoms with Crippen LogP contribution in [0, 0.1) is 11.7 Å². The predicted octanol–water partition coefficient (Wildman–Crippen LogP) is 2.91. The van der Waals surface area contributed by atoms with Crippen molar-refractivity contribution in [2.75, 3.05) is 26.7 Å². The van der Waals surface area contributed by atoms with Crippen LogP contribution in [0.15, 0.2) is 18.2 Å². The van der Waals surface area contributed by atoms with Gasteiger partial charge in [-0.2, -0.15) is 0 Å². The van der Waals surface area contributed by atoms with Crippen molar-refractivity contribution in [2.24, 2.45) is 5.92 Å². The summed E-state index contributed by atoms with van der Waals surface area (Å²) in [6.45, 7) is 5.26. The molecular formula is C16H25FN2O. The topological polar surface area (TPSA) is 35.5 Å². The van der Waals surface area contributed by atoms with Crippen LogP contribution in [0.25, 0.3) is 0 Å². The third-order valence-electron chi connectivity index (χ3n) is 4.44. The Labute approximate surface area is 120 Å². The number of benzene rings is 1. The van der Waals surface area contributed by atoms with Crippen molar-refractivity contribution in [3.05, 3.63) is 29.6 Å². The van der Waals surface area contributed by atoms with Gasteiger partial charge < -0.3 is 10.4 Å². The summed E-state index contributed by atoms with van der Waals surface area (Å²) in [4.78, 5) is 2.38. The van der Waals surface area contributed by atoms with E-state index in [1.807, 2.05) is 7.05 Å². The fourth-order valence-electron chi connectivity index (χ4n) is 3.04. The highest BCUT2D eigenvalue weighted by molar-refractivity contribution is 5.35. The molecule has 0 bridgehead atoms. The van der Waals surface area contributed by atoms with Crippen molar-refractivity contribution >= 4 is 0 Å². The highest BCUT2D eigenvalue weighted by Crippen LogP contribution is 2.32. The molecule has 1 aliphatic rings. The Bertz CT molecular complexity index is 430. The van der Waals surface area contributed by atoms with Gasteiger partial charge in [-0.1, -0.05) is 6.07 Å². The van der Waals surface area contributed by atoms with Crippen LogP contribution < -0.4 is 5.32 Å². The molecule has 1 aromatic carbocycles. The van der Waals surface area contributed by atoms with Crippen LogP contribution >= 0.6 is 0 Å². The van der Waals surface area contributed by atoms with Gasteiger partial charge in [-0.15, -0.1) is 0 Å². The summed E-state index contributed by atoms with van der Waals surface area (Å²) in [5.41, 5.74) is 0.820. The van der Waals surface area contributed by atoms with E-state index < -0.39 is 0 Å². The molecule has 1 saturated heterocycles. The lowest BCUT2D eigenvalue weighted by molar-refractivity contribution is 0.136. The standard InChI is InChI=1S/C16H25FN2O/c1-12(15-4-3-14(17)11-16(15)20)19-9-6-13(7-10-19)5-8-18-2/h3-4,11-13,18,20H,5-10H2,1-2H3. The molecular weight excluding hydrogens is 255 g/mol. The van der Waals surface area contributed by atoms with E-state index in [1.165, 1.54) is 31.4 Å². The zero-order valence-electron chi connectivity index (χ0n) is 12.4. The lowest BCUT2D eigenvalue weighted by Crippen LogP contribution is -2.36. The van der Waals surface area contributed by atoms with Crippen molar-refractivity contribution in [3.63, 3.8) is 0 Å². The maximum Gasteiger partial charge on any atom is 0.126 e. The molecule has 1 fully saturated rings. The second kappa shape index (κ2) is 7.04. The second-order valence-corrected chi connectivity index (χ2v) is 5.75. The van der Waals surface area contributed by atoms with Crippen LogP contribution in [0.4, 0.5) is 4.39 Å². The third-order valence-corrected chi connectivity index (χ3v) is 4.44. The zero-order valence-corrected chi connectivity index (χ0v) is 12.4. The summed E-state index contributed by atoms with van der Waals surface area (Å²) in [5, 5.41) is 13.1. The molecule has 1 unspecified atom stereocenters. The number of hydrogen-bond donors (Lipinski definition) is 2. The van der Waals surface area contributed by atoms with Gasteiger partial charge in [-0.05, 0) is 64.9 Å². The Hall–Kier alpha value is -1.13. The van der Waals surface area contributed by atoms with E-state index in [-0.39, 0.29) is 17.6 Å². The molecule has 20 heavy (non-hydrogen) atoms. The number of hydrogen-bond acceptors (Lipinski definition) is 3. The van der Waals surface area contributed by atoms with E-state index in [0.717, 1.165) is 31.1 Å². The van der Waals surface area contributed by atoms with Gasteiger partial charge in [0.25, 0.3) is 0 Å². The number of halogens is 1. The Morgan fingerprint density at radius 3 is 2.70 bits per heavy atom. The van der Waals surface area contributed by atoms with Crippen LogP contribution in [-0.4, -0.2) is 36.7 Å². The van der Waals surface area contributed by atoms with Gasteiger partial charge in [-0.25, -0.2) is 4.39 Å². The Balaban J connectivity index is 1.92. The van der Waals surface area contributed by atoms with E-state index >= 15 is 0 Å². The lowest BCUT2D eigenvalue weighted by atomic mass is 9.92. The monoisotopic (exact) mass is 280 g/mol. The summed E-state index contributed by atoms with van der Waals surface area (Å²) < 4.78 is 13.0. The molecule has 0 aromatic heterocycles.